The SMILES string of the molecule is C[n+]1ccn(Cc2ccc(C(C)(C)C)cc2)c1. The zero-order chi connectivity index (χ0) is 12.5. The van der Waals surface area contributed by atoms with Gasteiger partial charge in [-0.1, -0.05) is 45.0 Å². The van der Waals surface area contributed by atoms with Gasteiger partial charge in [-0.3, -0.25) is 0 Å². The van der Waals surface area contributed by atoms with Gasteiger partial charge >= 0.3 is 0 Å². The molecule has 1 aromatic heterocycles. The summed E-state index contributed by atoms with van der Waals surface area (Å²) in [6.45, 7) is 7.67. The molecule has 2 rings (SSSR count). The summed E-state index contributed by atoms with van der Waals surface area (Å²) in [5.74, 6) is 0. The molecule has 0 unspecified atom stereocenters. The standard InChI is InChI=1S/C15H21N2/c1-15(2,3)14-7-5-13(6-8-14)11-17-10-9-16(4)12-17/h5-10,12H,11H2,1-4H3/q+1. The maximum Gasteiger partial charge on any atom is 0.243 e. The number of benzene rings is 1. The van der Waals surface area contributed by atoms with Crippen LogP contribution in [0.5, 0.6) is 0 Å². The molecule has 2 aromatic rings. The Labute approximate surface area is 104 Å². The predicted octanol–water partition coefficient (Wildman–Crippen LogP) is 2.66. The fourth-order valence-electron chi connectivity index (χ4n) is 1.92. The molecule has 0 radical (unpaired) electrons. The summed E-state index contributed by atoms with van der Waals surface area (Å²) in [5, 5.41) is 0. The van der Waals surface area contributed by atoms with Crippen LogP contribution < -0.4 is 4.57 Å². The highest BCUT2D eigenvalue weighted by molar-refractivity contribution is 5.27. The maximum absolute atomic E-state index is 2.24. The molecule has 0 aliphatic heterocycles. The van der Waals surface area contributed by atoms with Crippen molar-refractivity contribution in [3.63, 3.8) is 0 Å². The third-order valence-corrected chi connectivity index (χ3v) is 3.01. The average Bonchev–Trinajstić information content (AvgIpc) is 2.63. The highest BCUT2D eigenvalue weighted by atomic mass is 15.1. The highest BCUT2D eigenvalue weighted by Gasteiger charge is 2.13. The molecule has 1 aromatic carbocycles. The Morgan fingerprint density at radius 2 is 1.76 bits per heavy atom. The van der Waals surface area contributed by atoms with E-state index in [4.69, 9.17) is 0 Å². The summed E-state index contributed by atoms with van der Waals surface area (Å²) in [6.07, 6.45) is 6.25. The zero-order valence-electron chi connectivity index (χ0n) is 11.1. The molecule has 0 saturated carbocycles. The number of aromatic nitrogens is 2. The Balaban J connectivity index is 2.13. The molecule has 0 fully saturated rings. The summed E-state index contributed by atoms with van der Waals surface area (Å²) in [4.78, 5) is 0. The van der Waals surface area contributed by atoms with E-state index in [1.807, 2.05) is 7.05 Å². The number of nitrogens with zero attached hydrogens (tertiary/aromatic N) is 2. The van der Waals surface area contributed by atoms with Crippen LogP contribution >= 0.6 is 0 Å². The molecule has 2 nitrogen and oxygen atoms in total. The van der Waals surface area contributed by atoms with E-state index in [1.54, 1.807) is 0 Å². The van der Waals surface area contributed by atoms with Crippen molar-refractivity contribution in [1.29, 1.82) is 0 Å². The van der Waals surface area contributed by atoms with Gasteiger partial charge in [0.2, 0.25) is 6.33 Å². The van der Waals surface area contributed by atoms with Crippen LogP contribution in [0.3, 0.4) is 0 Å². The minimum absolute atomic E-state index is 0.235. The zero-order valence-corrected chi connectivity index (χ0v) is 11.1. The minimum atomic E-state index is 0.235. The Bertz CT molecular complexity index is 486. The fourth-order valence-corrected chi connectivity index (χ4v) is 1.92. The quantitative estimate of drug-likeness (QED) is 0.700. The van der Waals surface area contributed by atoms with E-state index in [0.717, 1.165) is 6.54 Å². The number of rotatable bonds is 2. The van der Waals surface area contributed by atoms with E-state index < -0.39 is 0 Å². The van der Waals surface area contributed by atoms with Crippen LogP contribution in [0.2, 0.25) is 0 Å². The first-order valence-corrected chi connectivity index (χ1v) is 6.05. The lowest BCUT2D eigenvalue weighted by Crippen LogP contribution is -2.23. The number of aryl methyl sites for hydroxylation is 1. The summed E-state index contributed by atoms with van der Waals surface area (Å²) in [6, 6.07) is 8.92. The molecule has 0 spiro atoms. The van der Waals surface area contributed by atoms with Crippen LogP contribution in [-0.2, 0) is 19.0 Å². The molecule has 1 heterocycles. The van der Waals surface area contributed by atoms with Gasteiger partial charge in [-0.05, 0) is 16.5 Å². The van der Waals surface area contributed by atoms with Crippen LogP contribution in [-0.4, -0.2) is 4.57 Å². The molecule has 17 heavy (non-hydrogen) atoms. The van der Waals surface area contributed by atoms with Gasteiger partial charge in [-0.25, -0.2) is 9.13 Å². The second-order valence-electron chi connectivity index (χ2n) is 5.70. The normalized spacial score (nSPS) is 11.8. The minimum Gasteiger partial charge on any atom is -0.240 e. The molecule has 0 amide bonds. The average molecular weight is 229 g/mol. The molecule has 90 valence electrons. The van der Waals surface area contributed by atoms with Gasteiger partial charge in [-0.2, -0.15) is 0 Å². The van der Waals surface area contributed by atoms with Crippen LogP contribution in [0.1, 0.15) is 31.9 Å². The molecular formula is C15H21N2+. The summed E-state index contributed by atoms with van der Waals surface area (Å²) in [7, 11) is 2.04. The lowest BCUT2D eigenvalue weighted by atomic mass is 9.87. The van der Waals surface area contributed by atoms with Crippen molar-refractivity contribution in [1.82, 2.24) is 4.57 Å². The van der Waals surface area contributed by atoms with Gasteiger partial charge in [0.15, 0.2) is 0 Å². The van der Waals surface area contributed by atoms with Gasteiger partial charge in [0, 0.05) is 0 Å². The van der Waals surface area contributed by atoms with Crippen LogP contribution in [0.4, 0.5) is 0 Å². The Morgan fingerprint density at radius 3 is 2.24 bits per heavy atom. The van der Waals surface area contributed by atoms with Crippen LogP contribution in [0, 0.1) is 0 Å². The molecule has 2 heteroatoms. The molecule has 0 bridgehead atoms. The van der Waals surface area contributed by atoms with Gasteiger partial charge in [0.05, 0.1) is 7.05 Å². The van der Waals surface area contributed by atoms with Crippen molar-refractivity contribution in [2.75, 3.05) is 0 Å². The second-order valence-corrected chi connectivity index (χ2v) is 5.70. The molecule has 0 atom stereocenters. The first kappa shape index (κ1) is 11.9. The number of imidazole rings is 1. The van der Waals surface area contributed by atoms with E-state index in [-0.39, 0.29) is 5.41 Å². The van der Waals surface area contributed by atoms with Crippen LogP contribution in [0.15, 0.2) is 43.0 Å². The monoisotopic (exact) mass is 229 g/mol. The predicted molar refractivity (Wildman–Crippen MR) is 69.9 cm³/mol. The third-order valence-electron chi connectivity index (χ3n) is 3.01. The second kappa shape index (κ2) is 4.36. The smallest absolute Gasteiger partial charge is 0.240 e. The lowest BCUT2D eigenvalue weighted by Gasteiger charge is -2.18. The van der Waals surface area contributed by atoms with Gasteiger partial charge in [0.1, 0.15) is 18.9 Å². The molecule has 0 aliphatic carbocycles. The Kier molecular flexibility index (Phi) is 3.05. The van der Waals surface area contributed by atoms with Crippen molar-refractivity contribution < 1.29 is 4.57 Å². The van der Waals surface area contributed by atoms with E-state index in [9.17, 15) is 0 Å². The van der Waals surface area contributed by atoms with Crippen molar-refractivity contribution in [3.8, 4) is 0 Å². The Hall–Kier alpha value is -1.57. The maximum atomic E-state index is 2.24. The Morgan fingerprint density at radius 1 is 1.12 bits per heavy atom. The lowest BCUT2D eigenvalue weighted by molar-refractivity contribution is -0.671. The molecular weight excluding hydrogens is 208 g/mol. The molecule has 0 saturated heterocycles. The molecule has 0 N–H and O–H groups in total. The number of hydrogen-bond acceptors (Lipinski definition) is 0. The van der Waals surface area contributed by atoms with E-state index in [1.165, 1.54) is 11.1 Å². The van der Waals surface area contributed by atoms with Crippen molar-refractivity contribution in [3.05, 3.63) is 54.1 Å². The third kappa shape index (κ3) is 2.96. The van der Waals surface area contributed by atoms with Gasteiger partial charge < -0.3 is 0 Å². The van der Waals surface area contributed by atoms with E-state index in [0.29, 0.717) is 0 Å². The topological polar surface area (TPSA) is 8.81 Å². The van der Waals surface area contributed by atoms with Gasteiger partial charge in [-0.15, -0.1) is 0 Å². The van der Waals surface area contributed by atoms with E-state index in [2.05, 4.69) is 72.9 Å². The van der Waals surface area contributed by atoms with Crippen molar-refractivity contribution >= 4 is 0 Å². The van der Waals surface area contributed by atoms with Gasteiger partial charge in [0.25, 0.3) is 0 Å². The summed E-state index contributed by atoms with van der Waals surface area (Å²) >= 11 is 0. The van der Waals surface area contributed by atoms with Crippen molar-refractivity contribution in [2.45, 2.75) is 32.7 Å². The largest absolute Gasteiger partial charge is 0.243 e. The van der Waals surface area contributed by atoms with E-state index >= 15 is 0 Å². The summed E-state index contributed by atoms with van der Waals surface area (Å²) in [5.41, 5.74) is 2.96. The van der Waals surface area contributed by atoms with Crippen molar-refractivity contribution in [2.24, 2.45) is 7.05 Å². The summed E-state index contributed by atoms with van der Waals surface area (Å²) < 4.78 is 4.25. The number of hydrogen-bond donors (Lipinski definition) is 0. The first-order chi connectivity index (χ1) is 7.95. The first-order valence-electron chi connectivity index (χ1n) is 6.05. The highest BCUT2D eigenvalue weighted by Crippen LogP contribution is 2.22. The fraction of sp³-hybridized carbons (Fsp3) is 0.400. The van der Waals surface area contributed by atoms with Crippen LogP contribution in [0.25, 0.3) is 0 Å². The molecule has 0 aliphatic rings.